The maximum absolute atomic E-state index is 11.6. The Morgan fingerprint density at radius 1 is 0.710 bits per heavy atom. The van der Waals surface area contributed by atoms with Gasteiger partial charge in [-0.05, 0) is 6.42 Å². The quantitative estimate of drug-likeness (QED) is 0.185. The average molecular weight is 446 g/mol. The topological polar surface area (TPSA) is 108 Å². The van der Waals surface area contributed by atoms with Gasteiger partial charge < -0.3 is 14.2 Å². The molecule has 0 aliphatic rings. The summed E-state index contributed by atoms with van der Waals surface area (Å²) in [6.45, 7) is 5.08. The van der Waals surface area contributed by atoms with Crippen molar-refractivity contribution in [1.82, 2.24) is 5.06 Å². The zero-order valence-electron chi connectivity index (χ0n) is 19.3. The molecule has 0 N–H and O–H groups in total. The van der Waals surface area contributed by atoms with Crippen LogP contribution in [0.3, 0.4) is 0 Å². The second-order valence-corrected chi connectivity index (χ2v) is 7.16. The van der Waals surface area contributed by atoms with Crippen molar-refractivity contribution in [1.29, 1.82) is 0 Å². The van der Waals surface area contributed by atoms with Crippen molar-refractivity contribution in [3.8, 4) is 0 Å². The van der Waals surface area contributed by atoms with Crippen molar-refractivity contribution < 1.29 is 38.2 Å². The van der Waals surface area contributed by atoms with Gasteiger partial charge in [0.15, 0.2) is 0 Å². The van der Waals surface area contributed by atoms with Gasteiger partial charge in [-0.2, -0.15) is 0 Å². The molecule has 0 unspecified atom stereocenters. The van der Waals surface area contributed by atoms with Crippen LogP contribution in [-0.4, -0.2) is 55.4 Å². The van der Waals surface area contributed by atoms with E-state index in [2.05, 4.69) is 11.8 Å². The number of nitrogens with zero attached hydrogens (tertiary/aromatic N) is 1. The Morgan fingerprint density at radius 2 is 1.26 bits per heavy atom. The Bertz CT molecular complexity index is 524. The van der Waals surface area contributed by atoms with E-state index < -0.39 is 18.0 Å². The van der Waals surface area contributed by atoms with Gasteiger partial charge in [0.1, 0.15) is 13.2 Å². The number of hydrogen-bond acceptors (Lipinski definition) is 8. The minimum Gasteiger partial charge on any atom is -0.463 e. The molecular formula is C22H39NO8. The van der Waals surface area contributed by atoms with Crippen LogP contribution in [0.25, 0.3) is 0 Å². The van der Waals surface area contributed by atoms with Crippen LogP contribution in [0.15, 0.2) is 0 Å². The van der Waals surface area contributed by atoms with Gasteiger partial charge in [0.05, 0.1) is 13.2 Å². The van der Waals surface area contributed by atoms with Crippen molar-refractivity contribution in [2.45, 2.75) is 91.4 Å². The molecule has 9 heteroatoms. The highest BCUT2D eigenvalue weighted by molar-refractivity contribution is 5.93. The number of ether oxygens (including phenoxy) is 3. The Morgan fingerprint density at radius 3 is 1.81 bits per heavy atom. The maximum atomic E-state index is 11.6. The molecule has 31 heavy (non-hydrogen) atoms. The summed E-state index contributed by atoms with van der Waals surface area (Å²) in [5.41, 5.74) is 0. The summed E-state index contributed by atoms with van der Waals surface area (Å²) in [4.78, 5) is 50.4. The number of carbonyl (C=O) groups excluding carboxylic acids is 4. The highest BCUT2D eigenvalue weighted by atomic mass is 16.8. The first-order chi connectivity index (χ1) is 14.9. The smallest absolute Gasteiger partial charge is 0.463 e. The number of unbranched alkanes of at least 4 members (excludes halogenated alkanes) is 8. The van der Waals surface area contributed by atoms with E-state index >= 15 is 0 Å². The lowest BCUT2D eigenvalue weighted by atomic mass is 10.1. The van der Waals surface area contributed by atoms with E-state index in [1.54, 1.807) is 0 Å². The summed E-state index contributed by atoms with van der Waals surface area (Å²) < 4.78 is 15.0. The lowest BCUT2D eigenvalue weighted by Gasteiger charge is -2.16. The molecule has 0 heterocycles. The van der Waals surface area contributed by atoms with Gasteiger partial charge in [-0.25, -0.2) is 4.79 Å². The van der Waals surface area contributed by atoms with Crippen LogP contribution in [0.4, 0.5) is 4.79 Å². The molecule has 0 aromatic heterocycles. The zero-order valence-corrected chi connectivity index (χ0v) is 19.3. The van der Waals surface area contributed by atoms with Crippen molar-refractivity contribution in [2.75, 3.05) is 26.4 Å². The van der Waals surface area contributed by atoms with E-state index in [0.29, 0.717) is 11.5 Å². The normalized spacial score (nSPS) is 10.4. The second kappa shape index (κ2) is 19.8. The minimum absolute atomic E-state index is 0.00775. The number of hydroxylamine groups is 2. The van der Waals surface area contributed by atoms with E-state index in [0.717, 1.165) is 26.2 Å². The van der Waals surface area contributed by atoms with Crippen LogP contribution < -0.4 is 0 Å². The molecule has 0 atom stereocenters. The van der Waals surface area contributed by atoms with Gasteiger partial charge in [-0.3, -0.25) is 19.2 Å². The van der Waals surface area contributed by atoms with Crippen LogP contribution in [-0.2, 0) is 33.4 Å². The maximum Gasteiger partial charge on any atom is 0.534 e. The second-order valence-electron chi connectivity index (χ2n) is 7.16. The minimum atomic E-state index is -1.17. The first kappa shape index (κ1) is 28.8. The summed E-state index contributed by atoms with van der Waals surface area (Å²) in [6.07, 6.45) is 9.97. The molecular weight excluding hydrogens is 406 g/mol. The lowest BCUT2D eigenvalue weighted by Crippen LogP contribution is -2.37. The molecule has 0 aromatic carbocycles. The zero-order chi connectivity index (χ0) is 23.3. The molecule has 0 radical (unpaired) electrons. The predicted molar refractivity (Wildman–Crippen MR) is 114 cm³/mol. The van der Waals surface area contributed by atoms with Crippen LogP contribution in [0.1, 0.15) is 91.4 Å². The fourth-order valence-corrected chi connectivity index (χ4v) is 2.69. The molecule has 0 saturated carbocycles. The van der Waals surface area contributed by atoms with Crippen LogP contribution in [0.5, 0.6) is 0 Å². The van der Waals surface area contributed by atoms with Gasteiger partial charge in [-0.15, -0.1) is 0 Å². The number of carbonyl (C=O) groups is 4. The molecule has 0 bridgehead atoms. The van der Waals surface area contributed by atoms with Crippen LogP contribution >= 0.6 is 0 Å². The number of imide groups is 1. The lowest BCUT2D eigenvalue weighted by molar-refractivity contribution is -0.183. The first-order valence-electron chi connectivity index (χ1n) is 11.3. The summed E-state index contributed by atoms with van der Waals surface area (Å²) in [5, 5.41) is 0.357. The van der Waals surface area contributed by atoms with Crippen molar-refractivity contribution in [3.63, 3.8) is 0 Å². The molecule has 0 aliphatic carbocycles. The third-order valence-electron chi connectivity index (χ3n) is 4.40. The van der Waals surface area contributed by atoms with Gasteiger partial charge in [0.25, 0.3) is 11.8 Å². The van der Waals surface area contributed by atoms with E-state index in [4.69, 9.17) is 14.2 Å². The monoisotopic (exact) mass is 445 g/mol. The SMILES string of the molecule is CCCCCCCCCCCC(=O)OCCOCCOC(=O)ON(C(C)=O)C(=O)CC. The van der Waals surface area contributed by atoms with E-state index in [1.807, 2.05) is 0 Å². The van der Waals surface area contributed by atoms with Gasteiger partial charge >= 0.3 is 12.1 Å². The van der Waals surface area contributed by atoms with Crippen LogP contribution in [0, 0.1) is 0 Å². The molecule has 0 rings (SSSR count). The molecule has 0 saturated heterocycles. The Balaban J connectivity index is 3.55. The van der Waals surface area contributed by atoms with Gasteiger partial charge in [0.2, 0.25) is 0 Å². The fraction of sp³-hybridized carbons (Fsp3) is 0.818. The first-order valence-corrected chi connectivity index (χ1v) is 11.3. The third kappa shape index (κ3) is 17.2. The summed E-state index contributed by atoms with van der Waals surface area (Å²) >= 11 is 0. The fourth-order valence-electron chi connectivity index (χ4n) is 2.69. The Hall–Kier alpha value is -2.16. The highest BCUT2D eigenvalue weighted by Crippen LogP contribution is 2.10. The predicted octanol–water partition coefficient (Wildman–Crippen LogP) is 4.32. The highest BCUT2D eigenvalue weighted by Gasteiger charge is 2.22. The number of rotatable bonds is 17. The van der Waals surface area contributed by atoms with E-state index in [-0.39, 0.29) is 38.8 Å². The van der Waals surface area contributed by atoms with Crippen molar-refractivity contribution in [2.24, 2.45) is 0 Å². The van der Waals surface area contributed by atoms with Gasteiger partial charge in [0, 0.05) is 19.8 Å². The Kier molecular flexibility index (Phi) is 18.4. The summed E-state index contributed by atoms with van der Waals surface area (Å²) in [5.74, 6) is -1.61. The molecule has 0 spiro atoms. The third-order valence-corrected chi connectivity index (χ3v) is 4.40. The van der Waals surface area contributed by atoms with Gasteiger partial charge in [-0.1, -0.05) is 70.3 Å². The summed E-state index contributed by atoms with van der Waals surface area (Å²) in [6, 6.07) is 0. The van der Waals surface area contributed by atoms with Crippen molar-refractivity contribution >= 4 is 23.9 Å². The molecule has 9 nitrogen and oxygen atoms in total. The Labute approximate surface area is 185 Å². The number of amides is 2. The van der Waals surface area contributed by atoms with Crippen molar-refractivity contribution in [3.05, 3.63) is 0 Å². The largest absolute Gasteiger partial charge is 0.534 e. The molecule has 0 aliphatic heterocycles. The summed E-state index contributed by atoms with van der Waals surface area (Å²) in [7, 11) is 0. The standard InChI is InChI=1S/C22H39NO8/c1-4-6-7-8-9-10-11-12-13-14-21(26)29-17-15-28-16-18-30-22(27)31-23(19(3)24)20(25)5-2/h4-18H2,1-3H3. The molecule has 0 fully saturated rings. The number of esters is 1. The van der Waals surface area contributed by atoms with E-state index in [9.17, 15) is 19.2 Å². The average Bonchev–Trinajstić information content (AvgIpc) is 2.74. The molecule has 2 amide bonds. The molecule has 180 valence electrons. The molecule has 0 aromatic rings. The number of hydrogen-bond donors (Lipinski definition) is 0. The van der Waals surface area contributed by atoms with E-state index in [1.165, 1.54) is 45.4 Å². The van der Waals surface area contributed by atoms with Crippen LogP contribution in [0.2, 0.25) is 0 Å².